The summed E-state index contributed by atoms with van der Waals surface area (Å²) in [6.07, 6.45) is 0. The maximum Gasteiger partial charge on any atom is 0.280 e. The van der Waals surface area contributed by atoms with Crippen LogP contribution < -0.4 is 16.0 Å². The fourth-order valence-corrected chi connectivity index (χ4v) is 2.78. The normalized spacial score (nSPS) is 10.9. The number of aromatic nitrogens is 2. The molecule has 0 bridgehead atoms. The molecule has 0 spiro atoms. The van der Waals surface area contributed by atoms with E-state index in [1.807, 2.05) is 0 Å². The Morgan fingerprint density at radius 1 is 1.14 bits per heavy atom. The minimum atomic E-state index is -0.804. The number of aryl methyl sites for hydroxylation is 1. The van der Waals surface area contributed by atoms with Gasteiger partial charge in [-0.2, -0.15) is 4.98 Å². The molecule has 0 saturated heterocycles. The Morgan fingerprint density at radius 2 is 1.89 bits per heavy atom. The minimum Gasteiger partial charge on any atom is -0.471 e. The van der Waals surface area contributed by atoms with Crippen molar-refractivity contribution in [2.45, 2.75) is 20.1 Å². The van der Waals surface area contributed by atoms with Crippen LogP contribution in [0.3, 0.4) is 0 Å². The molecule has 5 nitrogen and oxygen atoms in total. The molecule has 0 saturated carbocycles. The molecule has 28 heavy (non-hydrogen) atoms. The van der Waals surface area contributed by atoms with E-state index in [2.05, 4.69) is 4.98 Å². The van der Waals surface area contributed by atoms with Crippen LogP contribution in [0, 0.1) is 24.4 Å². The maximum atomic E-state index is 14.3. The maximum absolute atomic E-state index is 14.3. The summed E-state index contributed by atoms with van der Waals surface area (Å²) in [6, 6.07) is 7.12. The number of halogens is 4. The highest BCUT2D eigenvalue weighted by molar-refractivity contribution is 6.31. The van der Waals surface area contributed by atoms with Crippen LogP contribution >= 0.6 is 11.6 Å². The van der Waals surface area contributed by atoms with Crippen LogP contribution in [0.25, 0.3) is 5.69 Å². The third-order valence-corrected chi connectivity index (χ3v) is 4.36. The number of hydrogen-bond acceptors (Lipinski definition) is 4. The van der Waals surface area contributed by atoms with E-state index in [1.54, 1.807) is 0 Å². The van der Waals surface area contributed by atoms with Gasteiger partial charge in [-0.3, -0.25) is 9.36 Å². The third kappa shape index (κ3) is 3.88. The molecule has 0 fully saturated rings. The van der Waals surface area contributed by atoms with Crippen molar-refractivity contribution < 1.29 is 17.9 Å². The first-order valence-electron chi connectivity index (χ1n) is 8.16. The molecule has 2 aromatic carbocycles. The average molecular weight is 410 g/mol. The largest absolute Gasteiger partial charge is 0.471 e. The van der Waals surface area contributed by atoms with Gasteiger partial charge in [-0.1, -0.05) is 17.7 Å². The summed E-state index contributed by atoms with van der Waals surface area (Å²) < 4.78 is 47.3. The quantitative estimate of drug-likeness (QED) is 0.698. The Balaban J connectivity index is 1.98. The Hall–Kier alpha value is -2.84. The molecular weight excluding hydrogens is 395 g/mol. The van der Waals surface area contributed by atoms with Gasteiger partial charge in [-0.15, -0.1) is 0 Å². The summed E-state index contributed by atoms with van der Waals surface area (Å²) >= 11 is 6.06. The van der Waals surface area contributed by atoms with Crippen LogP contribution in [-0.4, -0.2) is 9.55 Å². The van der Waals surface area contributed by atoms with Gasteiger partial charge in [0.15, 0.2) is 5.02 Å². The third-order valence-electron chi connectivity index (χ3n) is 4.03. The molecule has 0 amide bonds. The van der Waals surface area contributed by atoms with E-state index in [1.165, 1.54) is 31.2 Å². The van der Waals surface area contributed by atoms with E-state index in [0.29, 0.717) is 11.6 Å². The van der Waals surface area contributed by atoms with Crippen molar-refractivity contribution >= 4 is 11.6 Å². The standard InChI is InChI=1S/C19H15ClF3N3O2/c1-10-25-18(28-9-12-3-4-13(21)7-15(12)23)17(20)19(27)26(10)16-6-11(8-24)2-5-14(16)22/h2-7H,8-9,24H2,1H3. The van der Waals surface area contributed by atoms with Crippen LogP contribution in [0.4, 0.5) is 13.2 Å². The molecule has 2 N–H and O–H groups in total. The summed E-state index contributed by atoms with van der Waals surface area (Å²) in [5, 5.41) is -0.398. The summed E-state index contributed by atoms with van der Waals surface area (Å²) in [4.78, 5) is 16.8. The predicted molar refractivity (Wildman–Crippen MR) is 98.1 cm³/mol. The lowest BCUT2D eigenvalue weighted by Gasteiger charge is -2.14. The summed E-state index contributed by atoms with van der Waals surface area (Å²) in [5.74, 6) is -2.31. The van der Waals surface area contributed by atoms with E-state index in [0.717, 1.165) is 10.6 Å². The molecular formula is C19H15ClF3N3O2. The second-order valence-electron chi connectivity index (χ2n) is 5.93. The van der Waals surface area contributed by atoms with Gasteiger partial charge in [0, 0.05) is 18.2 Å². The monoisotopic (exact) mass is 409 g/mol. The van der Waals surface area contributed by atoms with E-state index >= 15 is 0 Å². The second-order valence-corrected chi connectivity index (χ2v) is 6.31. The fourth-order valence-electron chi connectivity index (χ4n) is 2.60. The van der Waals surface area contributed by atoms with Gasteiger partial charge in [0.25, 0.3) is 5.56 Å². The number of ether oxygens (including phenoxy) is 1. The van der Waals surface area contributed by atoms with E-state index in [4.69, 9.17) is 22.1 Å². The number of hydrogen-bond donors (Lipinski definition) is 1. The molecule has 0 atom stereocenters. The van der Waals surface area contributed by atoms with Gasteiger partial charge in [-0.25, -0.2) is 13.2 Å². The van der Waals surface area contributed by atoms with Crippen molar-refractivity contribution in [3.05, 3.63) is 86.2 Å². The van der Waals surface area contributed by atoms with Crippen molar-refractivity contribution in [3.63, 3.8) is 0 Å². The van der Waals surface area contributed by atoms with Gasteiger partial charge in [0.05, 0.1) is 5.69 Å². The lowest BCUT2D eigenvalue weighted by atomic mass is 10.2. The van der Waals surface area contributed by atoms with Gasteiger partial charge in [0.1, 0.15) is 29.9 Å². The molecule has 9 heteroatoms. The Labute approximate surface area is 163 Å². The summed E-state index contributed by atoms with van der Waals surface area (Å²) in [6.45, 7) is 1.31. The lowest BCUT2D eigenvalue weighted by Crippen LogP contribution is -2.24. The van der Waals surface area contributed by atoms with Crippen LogP contribution in [0.1, 0.15) is 17.0 Å². The molecule has 1 heterocycles. The molecule has 0 unspecified atom stereocenters. The van der Waals surface area contributed by atoms with Gasteiger partial charge in [-0.05, 0) is 36.8 Å². The molecule has 0 aliphatic carbocycles. The fraction of sp³-hybridized carbons (Fsp3) is 0.158. The highest BCUT2D eigenvalue weighted by Crippen LogP contribution is 2.23. The Morgan fingerprint density at radius 3 is 2.57 bits per heavy atom. The average Bonchev–Trinajstić information content (AvgIpc) is 2.66. The zero-order valence-corrected chi connectivity index (χ0v) is 15.4. The summed E-state index contributed by atoms with van der Waals surface area (Å²) in [7, 11) is 0. The predicted octanol–water partition coefficient (Wildman–Crippen LogP) is 3.65. The first kappa shape index (κ1) is 19.9. The molecule has 1 aromatic heterocycles. The van der Waals surface area contributed by atoms with Crippen molar-refractivity contribution in [2.75, 3.05) is 0 Å². The molecule has 3 aromatic rings. The highest BCUT2D eigenvalue weighted by atomic mass is 35.5. The van der Waals surface area contributed by atoms with Crippen molar-refractivity contribution in [2.24, 2.45) is 5.73 Å². The minimum absolute atomic E-state index is 0.0454. The number of nitrogens with two attached hydrogens (primary N) is 1. The van der Waals surface area contributed by atoms with Crippen LogP contribution in [-0.2, 0) is 13.2 Å². The van der Waals surface area contributed by atoms with Crippen molar-refractivity contribution in [3.8, 4) is 11.6 Å². The van der Waals surface area contributed by atoms with Crippen LogP contribution in [0.15, 0.2) is 41.2 Å². The molecule has 3 rings (SSSR count). The first-order chi connectivity index (χ1) is 13.3. The first-order valence-corrected chi connectivity index (χ1v) is 8.54. The molecule has 0 radical (unpaired) electrons. The van der Waals surface area contributed by atoms with Crippen molar-refractivity contribution in [1.29, 1.82) is 0 Å². The second kappa shape index (κ2) is 8.04. The van der Waals surface area contributed by atoms with E-state index < -0.39 is 28.0 Å². The highest BCUT2D eigenvalue weighted by Gasteiger charge is 2.18. The van der Waals surface area contributed by atoms with Gasteiger partial charge >= 0.3 is 0 Å². The van der Waals surface area contributed by atoms with Gasteiger partial charge < -0.3 is 10.5 Å². The number of benzene rings is 2. The molecule has 0 aliphatic rings. The molecule has 0 aliphatic heterocycles. The van der Waals surface area contributed by atoms with Gasteiger partial charge in [0.2, 0.25) is 5.88 Å². The number of rotatable bonds is 5. The lowest BCUT2D eigenvalue weighted by molar-refractivity contribution is 0.285. The number of nitrogens with zero attached hydrogens (tertiary/aromatic N) is 2. The molecule has 146 valence electrons. The Kier molecular flexibility index (Phi) is 5.71. The van der Waals surface area contributed by atoms with E-state index in [9.17, 15) is 18.0 Å². The SMILES string of the molecule is Cc1nc(OCc2ccc(F)cc2F)c(Cl)c(=O)n1-c1cc(CN)ccc1F. The zero-order chi connectivity index (χ0) is 20.4. The van der Waals surface area contributed by atoms with E-state index in [-0.39, 0.29) is 36.1 Å². The van der Waals surface area contributed by atoms with Crippen LogP contribution in [0.2, 0.25) is 5.02 Å². The Bertz CT molecular complexity index is 1100. The van der Waals surface area contributed by atoms with Crippen LogP contribution in [0.5, 0.6) is 5.88 Å². The van der Waals surface area contributed by atoms with Crippen molar-refractivity contribution in [1.82, 2.24) is 9.55 Å². The smallest absolute Gasteiger partial charge is 0.280 e. The zero-order valence-electron chi connectivity index (χ0n) is 14.7. The topological polar surface area (TPSA) is 70.1 Å². The summed E-state index contributed by atoms with van der Waals surface area (Å²) in [5.41, 5.74) is 5.44.